The van der Waals surface area contributed by atoms with E-state index in [1.165, 1.54) is 42.3 Å². The second kappa shape index (κ2) is 9.39. The van der Waals surface area contributed by atoms with Crippen LogP contribution in [0, 0.1) is 6.92 Å². The Bertz CT molecular complexity index is 460. The van der Waals surface area contributed by atoms with E-state index in [-0.39, 0.29) is 0 Å². The van der Waals surface area contributed by atoms with Gasteiger partial charge in [0.2, 0.25) is 0 Å². The van der Waals surface area contributed by atoms with Gasteiger partial charge in [-0.25, -0.2) is 9.97 Å². The quantitative estimate of drug-likeness (QED) is 0.689. The van der Waals surface area contributed by atoms with Crippen molar-refractivity contribution in [3.8, 4) is 0 Å². The molecular formula is C18H33N3S. The van der Waals surface area contributed by atoms with Gasteiger partial charge < -0.3 is 4.90 Å². The summed E-state index contributed by atoms with van der Waals surface area (Å²) in [5.41, 5.74) is 1.16. The minimum absolute atomic E-state index is 0.407. The van der Waals surface area contributed by atoms with Crippen molar-refractivity contribution in [3.63, 3.8) is 0 Å². The van der Waals surface area contributed by atoms with Crippen LogP contribution >= 0.6 is 11.8 Å². The van der Waals surface area contributed by atoms with Gasteiger partial charge in [-0.05, 0) is 26.2 Å². The molecule has 2 aliphatic rings. The molecule has 0 bridgehead atoms. The summed E-state index contributed by atoms with van der Waals surface area (Å²) in [6.07, 6.45) is 4.01. The Hall–Kier alpha value is -0.770. The monoisotopic (exact) mass is 323 g/mol. The minimum Gasteiger partial charge on any atom is -0.352 e. The lowest BCUT2D eigenvalue weighted by molar-refractivity contribution is 0.477. The molecule has 4 heteroatoms. The Morgan fingerprint density at radius 1 is 1.09 bits per heavy atom. The average molecular weight is 324 g/mol. The van der Waals surface area contributed by atoms with Gasteiger partial charge in [0.05, 0.1) is 10.6 Å². The highest BCUT2D eigenvalue weighted by Gasteiger charge is 2.31. The van der Waals surface area contributed by atoms with Crippen molar-refractivity contribution in [1.82, 2.24) is 9.97 Å². The first kappa shape index (κ1) is 19.3. The molecule has 3 rings (SSSR count). The Kier molecular flexibility index (Phi) is 8.23. The fourth-order valence-corrected chi connectivity index (χ4v) is 4.07. The largest absolute Gasteiger partial charge is 0.352 e. The van der Waals surface area contributed by atoms with Crippen LogP contribution in [-0.4, -0.2) is 28.3 Å². The van der Waals surface area contributed by atoms with Crippen molar-refractivity contribution in [3.05, 3.63) is 11.5 Å². The average Bonchev–Trinajstić information content (AvgIpc) is 2.58. The number of anilines is 1. The van der Waals surface area contributed by atoms with Crippen LogP contribution in [0.1, 0.15) is 78.2 Å². The standard InChI is InChI=1S/C14H21N3S.2C2H6/c1-9(2)13-15-10(3)12-14(16-13)17-7-5-4-6-11(17)8-18-12;2*1-2/h9,11H,4-8H2,1-3H3;2*1-2H3. The number of hydrogen-bond donors (Lipinski definition) is 0. The molecule has 0 aliphatic carbocycles. The van der Waals surface area contributed by atoms with Gasteiger partial charge in [-0.2, -0.15) is 0 Å². The molecule has 0 amide bonds. The zero-order valence-corrected chi connectivity index (χ0v) is 16.3. The maximum Gasteiger partial charge on any atom is 0.146 e. The van der Waals surface area contributed by atoms with Crippen molar-refractivity contribution < 1.29 is 0 Å². The van der Waals surface area contributed by atoms with Crippen LogP contribution in [0.4, 0.5) is 5.82 Å². The van der Waals surface area contributed by atoms with Crippen LogP contribution < -0.4 is 4.90 Å². The summed E-state index contributed by atoms with van der Waals surface area (Å²) in [5, 5.41) is 0. The number of aryl methyl sites for hydroxylation is 1. The highest BCUT2D eigenvalue weighted by molar-refractivity contribution is 7.99. The topological polar surface area (TPSA) is 29.0 Å². The van der Waals surface area contributed by atoms with Crippen molar-refractivity contribution in [2.24, 2.45) is 0 Å². The highest BCUT2D eigenvalue weighted by Crippen LogP contribution is 2.41. The molecule has 0 spiro atoms. The number of thioether (sulfide) groups is 1. The molecule has 22 heavy (non-hydrogen) atoms. The van der Waals surface area contributed by atoms with E-state index in [1.54, 1.807) is 0 Å². The number of piperidine rings is 1. The lowest BCUT2D eigenvalue weighted by atomic mass is 10.0. The molecule has 1 aromatic heterocycles. The SMILES string of the molecule is CC.CC.Cc1nc(C(C)C)nc2c1SCC1CCCCN21. The predicted molar refractivity (Wildman–Crippen MR) is 99.3 cm³/mol. The second-order valence-corrected chi connectivity index (χ2v) is 6.66. The van der Waals surface area contributed by atoms with Gasteiger partial charge in [0.1, 0.15) is 11.6 Å². The molecule has 0 saturated carbocycles. The molecular weight excluding hydrogens is 290 g/mol. The first-order valence-corrected chi connectivity index (χ1v) is 9.93. The van der Waals surface area contributed by atoms with Gasteiger partial charge in [-0.1, -0.05) is 41.5 Å². The Morgan fingerprint density at radius 3 is 2.41 bits per heavy atom. The molecule has 3 nitrogen and oxygen atoms in total. The fourth-order valence-electron chi connectivity index (χ4n) is 2.82. The summed E-state index contributed by atoms with van der Waals surface area (Å²) in [4.78, 5) is 13.4. The van der Waals surface area contributed by atoms with Gasteiger partial charge in [0.25, 0.3) is 0 Å². The van der Waals surface area contributed by atoms with E-state index >= 15 is 0 Å². The van der Waals surface area contributed by atoms with Gasteiger partial charge >= 0.3 is 0 Å². The van der Waals surface area contributed by atoms with E-state index in [4.69, 9.17) is 4.98 Å². The molecule has 1 aromatic rings. The zero-order valence-electron chi connectivity index (χ0n) is 15.4. The summed E-state index contributed by atoms with van der Waals surface area (Å²) < 4.78 is 0. The number of aromatic nitrogens is 2. The molecule has 0 radical (unpaired) electrons. The molecule has 1 unspecified atom stereocenters. The van der Waals surface area contributed by atoms with Crippen LogP contribution in [0.25, 0.3) is 0 Å². The number of nitrogens with zero attached hydrogens (tertiary/aromatic N) is 3. The van der Waals surface area contributed by atoms with E-state index in [9.17, 15) is 0 Å². The van der Waals surface area contributed by atoms with Crippen LogP contribution in [0.15, 0.2) is 4.90 Å². The third-order valence-corrected chi connectivity index (χ3v) is 5.19. The van der Waals surface area contributed by atoms with Gasteiger partial charge in [0, 0.05) is 24.3 Å². The molecule has 2 aliphatic heterocycles. The summed E-state index contributed by atoms with van der Waals surface area (Å²) in [6, 6.07) is 0.700. The van der Waals surface area contributed by atoms with Crippen LogP contribution in [-0.2, 0) is 0 Å². The summed E-state index contributed by atoms with van der Waals surface area (Å²) in [5.74, 6) is 3.83. The van der Waals surface area contributed by atoms with Crippen LogP contribution in [0.2, 0.25) is 0 Å². The molecule has 1 atom stereocenters. The predicted octanol–water partition coefficient (Wildman–Crippen LogP) is 5.43. The number of rotatable bonds is 1. The molecule has 3 heterocycles. The van der Waals surface area contributed by atoms with Crippen molar-refractivity contribution in [2.45, 2.75) is 84.6 Å². The van der Waals surface area contributed by atoms with Crippen LogP contribution in [0.3, 0.4) is 0 Å². The second-order valence-electron chi connectivity index (χ2n) is 5.63. The van der Waals surface area contributed by atoms with Gasteiger partial charge in [-0.3, -0.25) is 0 Å². The van der Waals surface area contributed by atoms with E-state index in [1.807, 2.05) is 39.5 Å². The third kappa shape index (κ3) is 4.15. The smallest absolute Gasteiger partial charge is 0.146 e. The number of fused-ring (bicyclic) bond motifs is 3. The maximum absolute atomic E-state index is 4.85. The van der Waals surface area contributed by atoms with E-state index in [0.717, 1.165) is 11.5 Å². The van der Waals surface area contributed by atoms with Crippen LogP contribution in [0.5, 0.6) is 0 Å². The Labute approximate surface area is 141 Å². The first-order valence-electron chi connectivity index (χ1n) is 8.95. The minimum atomic E-state index is 0.407. The van der Waals surface area contributed by atoms with Crippen molar-refractivity contribution >= 4 is 17.6 Å². The molecule has 1 fully saturated rings. The third-order valence-electron chi connectivity index (χ3n) is 3.87. The normalized spacial score (nSPS) is 19.3. The van der Waals surface area contributed by atoms with E-state index in [0.29, 0.717) is 12.0 Å². The molecule has 0 N–H and O–H groups in total. The van der Waals surface area contributed by atoms with E-state index < -0.39 is 0 Å². The van der Waals surface area contributed by atoms with Gasteiger partial charge in [-0.15, -0.1) is 11.8 Å². The van der Waals surface area contributed by atoms with Gasteiger partial charge in [0.15, 0.2) is 0 Å². The summed E-state index contributed by atoms with van der Waals surface area (Å²) >= 11 is 1.95. The molecule has 1 saturated heterocycles. The summed E-state index contributed by atoms with van der Waals surface area (Å²) in [7, 11) is 0. The van der Waals surface area contributed by atoms with Crippen molar-refractivity contribution in [1.29, 1.82) is 0 Å². The zero-order chi connectivity index (χ0) is 16.7. The summed E-state index contributed by atoms with van der Waals surface area (Å²) in [6.45, 7) is 15.6. The molecule has 126 valence electrons. The maximum atomic E-state index is 4.85. The van der Waals surface area contributed by atoms with E-state index in [2.05, 4.69) is 30.7 Å². The number of hydrogen-bond acceptors (Lipinski definition) is 4. The Balaban J connectivity index is 0.000000561. The van der Waals surface area contributed by atoms with Crippen molar-refractivity contribution in [2.75, 3.05) is 17.2 Å². The Morgan fingerprint density at radius 2 is 1.77 bits per heavy atom. The molecule has 0 aromatic carbocycles. The highest BCUT2D eigenvalue weighted by atomic mass is 32.2. The lowest BCUT2D eigenvalue weighted by Crippen LogP contribution is -2.44. The fraction of sp³-hybridized carbons (Fsp3) is 0.778. The lowest BCUT2D eigenvalue weighted by Gasteiger charge is -2.41. The first-order chi connectivity index (χ1) is 10.7.